The number of nitrogens with zero attached hydrogens (tertiary/aromatic N) is 1. The molecule has 0 radical (unpaired) electrons. The molecule has 1 aromatic carbocycles. The number of esters is 1. The van der Waals surface area contributed by atoms with Crippen LogP contribution in [0.5, 0.6) is 5.75 Å². The van der Waals surface area contributed by atoms with Crippen LogP contribution in [0.4, 0.5) is 5.00 Å². The quantitative estimate of drug-likeness (QED) is 0.629. The molecule has 0 saturated heterocycles. The SMILES string of the molecule is CCOC(=O)c1c(C)nsc1NCCOc1ccccc1. The van der Waals surface area contributed by atoms with Gasteiger partial charge in [-0.15, -0.1) is 0 Å². The molecule has 2 rings (SSSR count). The van der Waals surface area contributed by atoms with Gasteiger partial charge in [0.2, 0.25) is 0 Å². The molecule has 0 aliphatic heterocycles. The highest BCUT2D eigenvalue weighted by molar-refractivity contribution is 7.10. The van der Waals surface area contributed by atoms with E-state index in [-0.39, 0.29) is 5.97 Å². The Labute approximate surface area is 128 Å². The van der Waals surface area contributed by atoms with Crippen molar-refractivity contribution in [3.63, 3.8) is 0 Å². The zero-order chi connectivity index (χ0) is 15.1. The van der Waals surface area contributed by atoms with Gasteiger partial charge < -0.3 is 14.8 Å². The Balaban J connectivity index is 1.87. The smallest absolute Gasteiger partial charge is 0.343 e. The van der Waals surface area contributed by atoms with Gasteiger partial charge in [0, 0.05) is 6.54 Å². The summed E-state index contributed by atoms with van der Waals surface area (Å²) in [5, 5.41) is 3.90. The van der Waals surface area contributed by atoms with Gasteiger partial charge in [-0.1, -0.05) is 18.2 Å². The topological polar surface area (TPSA) is 60.5 Å². The third-order valence-corrected chi connectivity index (χ3v) is 3.64. The third-order valence-electron chi connectivity index (χ3n) is 2.74. The van der Waals surface area contributed by atoms with Crippen LogP contribution in [-0.4, -0.2) is 30.1 Å². The number of aromatic nitrogens is 1. The summed E-state index contributed by atoms with van der Waals surface area (Å²) in [5.74, 6) is 0.487. The Hall–Kier alpha value is -2.08. The molecule has 0 saturated carbocycles. The zero-order valence-corrected chi connectivity index (χ0v) is 12.9. The first-order chi connectivity index (χ1) is 10.2. The van der Waals surface area contributed by atoms with E-state index >= 15 is 0 Å². The molecule has 1 heterocycles. The van der Waals surface area contributed by atoms with Crippen LogP contribution in [0.3, 0.4) is 0 Å². The standard InChI is InChI=1S/C15H18N2O3S/c1-3-19-15(18)13-11(2)17-21-14(13)16-9-10-20-12-7-5-4-6-8-12/h4-8,16H,3,9-10H2,1-2H3. The maximum Gasteiger partial charge on any atom is 0.343 e. The number of ether oxygens (including phenoxy) is 2. The van der Waals surface area contributed by atoms with Gasteiger partial charge >= 0.3 is 5.97 Å². The summed E-state index contributed by atoms with van der Waals surface area (Å²) in [4.78, 5) is 11.9. The number of hydrogen-bond acceptors (Lipinski definition) is 6. The van der Waals surface area contributed by atoms with Gasteiger partial charge in [-0.2, -0.15) is 4.37 Å². The van der Waals surface area contributed by atoms with E-state index in [2.05, 4.69) is 9.69 Å². The van der Waals surface area contributed by atoms with E-state index < -0.39 is 0 Å². The summed E-state index contributed by atoms with van der Waals surface area (Å²) in [6, 6.07) is 9.60. The van der Waals surface area contributed by atoms with Gasteiger partial charge in [0.25, 0.3) is 0 Å². The molecule has 0 amide bonds. The maximum absolute atomic E-state index is 11.9. The summed E-state index contributed by atoms with van der Waals surface area (Å²) >= 11 is 1.26. The molecular formula is C15H18N2O3S. The van der Waals surface area contributed by atoms with Crippen molar-refractivity contribution >= 4 is 22.5 Å². The molecule has 21 heavy (non-hydrogen) atoms. The maximum atomic E-state index is 11.9. The Bertz CT molecular complexity index is 584. The van der Waals surface area contributed by atoms with Gasteiger partial charge in [0.05, 0.1) is 12.3 Å². The fourth-order valence-electron chi connectivity index (χ4n) is 1.78. The first kappa shape index (κ1) is 15.3. The molecule has 6 heteroatoms. The molecule has 112 valence electrons. The minimum atomic E-state index is -0.338. The van der Waals surface area contributed by atoms with Crippen molar-refractivity contribution in [1.82, 2.24) is 4.37 Å². The molecule has 0 unspecified atom stereocenters. The Kier molecular flexibility index (Phi) is 5.57. The van der Waals surface area contributed by atoms with Crippen LogP contribution in [0.25, 0.3) is 0 Å². The van der Waals surface area contributed by atoms with Crippen molar-refractivity contribution in [3.8, 4) is 5.75 Å². The van der Waals surface area contributed by atoms with Crippen LogP contribution in [-0.2, 0) is 4.74 Å². The second-order valence-electron chi connectivity index (χ2n) is 4.28. The summed E-state index contributed by atoms with van der Waals surface area (Å²) in [6.45, 7) is 5.03. The normalized spacial score (nSPS) is 10.2. The van der Waals surface area contributed by atoms with E-state index in [1.807, 2.05) is 30.3 Å². The van der Waals surface area contributed by atoms with Crippen molar-refractivity contribution in [2.75, 3.05) is 25.1 Å². The molecule has 1 aromatic heterocycles. The van der Waals surface area contributed by atoms with Crippen LogP contribution < -0.4 is 10.1 Å². The molecule has 0 aliphatic carbocycles. The van der Waals surface area contributed by atoms with Crippen LogP contribution in [0.2, 0.25) is 0 Å². The number of nitrogens with one attached hydrogen (secondary N) is 1. The summed E-state index contributed by atoms with van der Waals surface area (Å²) < 4.78 is 14.8. The fourth-order valence-corrected chi connectivity index (χ4v) is 2.59. The average Bonchev–Trinajstić information content (AvgIpc) is 2.86. The lowest BCUT2D eigenvalue weighted by molar-refractivity contribution is 0.0527. The number of hydrogen-bond donors (Lipinski definition) is 1. The second-order valence-corrected chi connectivity index (χ2v) is 5.05. The highest BCUT2D eigenvalue weighted by atomic mass is 32.1. The van der Waals surface area contributed by atoms with E-state index in [9.17, 15) is 4.79 Å². The lowest BCUT2D eigenvalue weighted by Crippen LogP contribution is -2.14. The highest BCUT2D eigenvalue weighted by Crippen LogP contribution is 2.25. The Morgan fingerprint density at radius 3 is 2.81 bits per heavy atom. The van der Waals surface area contributed by atoms with Crippen molar-refractivity contribution in [2.45, 2.75) is 13.8 Å². The minimum Gasteiger partial charge on any atom is -0.492 e. The van der Waals surface area contributed by atoms with E-state index in [4.69, 9.17) is 9.47 Å². The molecule has 2 aromatic rings. The predicted octanol–water partition coefficient (Wildman–Crippen LogP) is 3.12. The summed E-state index contributed by atoms with van der Waals surface area (Å²) in [7, 11) is 0. The van der Waals surface area contributed by atoms with Crippen LogP contribution in [0.1, 0.15) is 23.0 Å². The number of rotatable bonds is 7. The number of anilines is 1. The van der Waals surface area contributed by atoms with E-state index in [1.165, 1.54) is 11.5 Å². The van der Waals surface area contributed by atoms with Gasteiger partial charge in [0.15, 0.2) is 0 Å². The van der Waals surface area contributed by atoms with Crippen LogP contribution in [0.15, 0.2) is 30.3 Å². The van der Waals surface area contributed by atoms with Crippen molar-refractivity contribution in [3.05, 3.63) is 41.6 Å². The lowest BCUT2D eigenvalue weighted by Gasteiger charge is -2.08. The molecule has 0 bridgehead atoms. The molecular weight excluding hydrogens is 288 g/mol. The average molecular weight is 306 g/mol. The number of para-hydroxylation sites is 1. The summed E-state index contributed by atoms with van der Waals surface area (Å²) in [5.41, 5.74) is 1.20. The molecule has 5 nitrogen and oxygen atoms in total. The largest absolute Gasteiger partial charge is 0.492 e. The van der Waals surface area contributed by atoms with Crippen LogP contribution >= 0.6 is 11.5 Å². The van der Waals surface area contributed by atoms with Gasteiger partial charge in [0.1, 0.15) is 22.9 Å². The van der Waals surface area contributed by atoms with Gasteiger partial charge in [-0.3, -0.25) is 0 Å². The van der Waals surface area contributed by atoms with Crippen molar-refractivity contribution in [1.29, 1.82) is 0 Å². The summed E-state index contributed by atoms with van der Waals surface area (Å²) in [6.07, 6.45) is 0. The highest BCUT2D eigenvalue weighted by Gasteiger charge is 2.19. The van der Waals surface area contributed by atoms with Crippen molar-refractivity contribution in [2.24, 2.45) is 0 Å². The molecule has 0 aliphatic rings. The molecule has 0 fully saturated rings. The zero-order valence-electron chi connectivity index (χ0n) is 12.1. The van der Waals surface area contributed by atoms with Crippen molar-refractivity contribution < 1.29 is 14.3 Å². The third kappa shape index (κ3) is 4.19. The first-order valence-corrected chi connectivity index (χ1v) is 7.54. The molecule has 0 atom stereocenters. The first-order valence-electron chi connectivity index (χ1n) is 6.77. The number of aryl methyl sites for hydroxylation is 1. The van der Waals surface area contributed by atoms with Gasteiger partial charge in [-0.05, 0) is 37.5 Å². The Morgan fingerprint density at radius 1 is 1.33 bits per heavy atom. The number of carbonyl (C=O) groups is 1. The van der Waals surface area contributed by atoms with Gasteiger partial charge in [-0.25, -0.2) is 4.79 Å². The molecule has 1 N–H and O–H groups in total. The lowest BCUT2D eigenvalue weighted by atomic mass is 10.2. The second kappa shape index (κ2) is 7.64. The van der Waals surface area contributed by atoms with Crippen LogP contribution in [0, 0.1) is 6.92 Å². The van der Waals surface area contributed by atoms with E-state index in [0.29, 0.717) is 31.0 Å². The molecule has 0 spiro atoms. The fraction of sp³-hybridized carbons (Fsp3) is 0.333. The minimum absolute atomic E-state index is 0.338. The van der Waals surface area contributed by atoms with E-state index in [1.54, 1.807) is 13.8 Å². The monoisotopic (exact) mass is 306 g/mol. The van der Waals surface area contributed by atoms with E-state index in [0.717, 1.165) is 10.8 Å². The number of carbonyl (C=O) groups excluding carboxylic acids is 1. The predicted molar refractivity (Wildman–Crippen MR) is 83.2 cm³/mol. The number of benzene rings is 1. The Morgan fingerprint density at radius 2 is 2.10 bits per heavy atom.